The number of amides is 1. The van der Waals surface area contributed by atoms with E-state index in [-0.39, 0.29) is 6.61 Å². The molecule has 0 bridgehead atoms. The van der Waals surface area contributed by atoms with Gasteiger partial charge in [-0.3, -0.25) is 9.59 Å². The van der Waals surface area contributed by atoms with E-state index in [0.29, 0.717) is 0 Å². The van der Waals surface area contributed by atoms with E-state index in [4.69, 9.17) is 23.7 Å². The Labute approximate surface area is 198 Å². The molecule has 0 saturated heterocycles. The monoisotopic (exact) mass is 481 g/mol. The predicted molar refractivity (Wildman–Crippen MR) is 117 cm³/mol. The molecule has 1 aromatic carbocycles. The first-order valence-corrected chi connectivity index (χ1v) is 10.5. The lowest BCUT2D eigenvalue weighted by Gasteiger charge is -2.30. The van der Waals surface area contributed by atoms with E-state index in [1.807, 2.05) is 6.07 Å². The van der Waals surface area contributed by atoms with Gasteiger partial charge in [-0.25, -0.2) is 14.4 Å². The topological polar surface area (TPSA) is 144 Å². The average Bonchev–Trinajstić information content (AvgIpc) is 2.78. The lowest BCUT2D eigenvalue weighted by Crippen LogP contribution is -2.57. The van der Waals surface area contributed by atoms with E-state index < -0.39 is 60.2 Å². The van der Waals surface area contributed by atoms with Crippen molar-refractivity contribution in [2.45, 2.75) is 59.0 Å². The second kappa shape index (κ2) is 13.2. The van der Waals surface area contributed by atoms with Crippen molar-refractivity contribution in [3.63, 3.8) is 0 Å². The molecule has 0 spiro atoms. The molecule has 1 N–H and O–H groups in total. The van der Waals surface area contributed by atoms with Gasteiger partial charge in [0.2, 0.25) is 6.10 Å². The molecule has 4 atom stereocenters. The molecular weight excluding hydrogens is 450 g/mol. The Morgan fingerprint density at radius 2 is 1.53 bits per heavy atom. The molecule has 0 radical (unpaired) electrons. The zero-order valence-corrected chi connectivity index (χ0v) is 20.1. The lowest BCUT2D eigenvalue weighted by atomic mass is 9.98. The number of carbonyl (C=O) groups excluding carboxylic acids is 5. The summed E-state index contributed by atoms with van der Waals surface area (Å²) in [6, 6.07) is 8.86. The fourth-order valence-corrected chi connectivity index (χ4v) is 2.82. The minimum Gasteiger partial charge on any atom is -0.467 e. The van der Waals surface area contributed by atoms with Crippen LogP contribution in [0, 0.1) is 5.92 Å². The molecule has 0 aromatic heterocycles. The third-order valence-electron chi connectivity index (χ3n) is 4.82. The predicted octanol–water partition coefficient (Wildman–Crippen LogP) is 1.91. The number of carbonyl (C=O) groups is 5. The van der Waals surface area contributed by atoms with Crippen LogP contribution >= 0.6 is 0 Å². The summed E-state index contributed by atoms with van der Waals surface area (Å²) in [4.78, 5) is 60.1. The van der Waals surface area contributed by atoms with E-state index in [2.05, 4.69) is 5.32 Å². The van der Waals surface area contributed by atoms with E-state index >= 15 is 0 Å². The Kier molecular flexibility index (Phi) is 11.0. The van der Waals surface area contributed by atoms with Gasteiger partial charge >= 0.3 is 30.0 Å². The summed E-state index contributed by atoms with van der Waals surface area (Å²) in [6.07, 6.45) is -3.16. The van der Waals surface area contributed by atoms with E-state index in [9.17, 15) is 24.0 Å². The summed E-state index contributed by atoms with van der Waals surface area (Å²) < 4.78 is 25.2. The van der Waals surface area contributed by atoms with Gasteiger partial charge in [0.15, 0.2) is 5.54 Å². The van der Waals surface area contributed by atoms with Gasteiger partial charge in [0.1, 0.15) is 19.3 Å². The number of hydrogen-bond acceptors (Lipinski definition) is 10. The highest BCUT2D eigenvalue weighted by atomic mass is 16.6. The molecule has 0 saturated carbocycles. The van der Waals surface area contributed by atoms with Crippen molar-refractivity contribution in [1.29, 1.82) is 0 Å². The minimum absolute atomic E-state index is 0.0518. The van der Waals surface area contributed by atoms with Crippen LogP contribution in [-0.2, 0) is 49.5 Å². The molecule has 188 valence electrons. The molecule has 1 rings (SSSR count). The summed E-state index contributed by atoms with van der Waals surface area (Å²) in [5.74, 6) is -4.01. The zero-order valence-electron chi connectivity index (χ0n) is 20.1. The Morgan fingerprint density at radius 1 is 0.941 bits per heavy atom. The number of benzene rings is 1. The molecular formula is C23H31NO10. The van der Waals surface area contributed by atoms with Crippen molar-refractivity contribution in [1.82, 2.24) is 5.32 Å². The van der Waals surface area contributed by atoms with Gasteiger partial charge in [0.25, 0.3) is 0 Å². The average molecular weight is 481 g/mol. The van der Waals surface area contributed by atoms with Crippen LogP contribution in [0.5, 0.6) is 0 Å². The summed E-state index contributed by atoms with van der Waals surface area (Å²) in [5.41, 5.74) is -1.08. The highest BCUT2D eigenvalue weighted by Gasteiger charge is 2.41. The number of nitrogens with one attached hydrogen (secondary N) is 1. The molecule has 1 aromatic rings. The first-order valence-electron chi connectivity index (χ1n) is 10.5. The van der Waals surface area contributed by atoms with Crippen LogP contribution < -0.4 is 5.32 Å². The van der Waals surface area contributed by atoms with Crippen molar-refractivity contribution < 1.29 is 47.7 Å². The number of ether oxygens (including phenoxy) is 5. The Morgan fingerprint density at radius 3 is 2.06 bits per heavy atom. The van der Waals surface area contributed by atoms with Crippen LogP contribution in [0.2, 0.25) is 0 Å². The maximum atomic E-state index is 12.7. The maximum absolute atomic E-state index is 12.7. The normalized spacial score (nSPS) is 14.9. The summed E-state index contributed by atoms with van der Waals surface area (Å²) in [7, 11) is 1.10. The molecule has 1 amide bonds. The van der Waals surface area contributed by atoms with Crippen molar-refractivity contribution in [2.24, 2.45) is 5.92 Å². The van der Waals surface area contributed by atoms with E-state index in [0.717, 1.165) is 19.6 Å². The molecule has 11 nitrogen and oxygen atoms in total. The number of rotatable bonds is 11. The number of hydrogen-bond donors (Lipinski definition) is 1. The van der Waals surface area contributed by atoms with Crippen molar-refractivity contribution in [3.8, 4) is 0 Å². The second-order valence-electron chi connectivity index (χ2n) is 7.82. The molecule has 11 heteroatoms. The summed E-state index contributed by atoms with van der Waals surface area (Å²) in [5, 5.41) is 2.34. The van der Waals surface area contributed by atoms with Crippen LogP contribution in [0.1, 0.15) is 40.2 Å². The number of alkyl carbamates (subject to hydrolysis) is 1. The van der Waals surface area contributed by atoms with Crippen LogP contribution in [-0.4, -0.2) is 61.4 Å². The Bertz CT molecular complexity index is 872. The van der Waals surface area contributed by atoms with Gasteiger partial charge in [0.05, 0.1) is 7.11 Å². The quantitative estimate of drug-likeness (QED) is 0.368. The summed E-state index contributed by atoms with van der Waals surface area (Å²) >= 11 is 0. The van der Waals surface area contributed by atoms with Crippen LogP contribution in [0.15, 0.2) is 30.3 Å². The molecule has 0 aliphatic rings. The van der Waals surface area contributed by atoms with Crippen LogP contribution in [0.3, 0.4) is 0 Å². The molecule has 0 unspecified atom stereocenters. The second-order valence-corrected chi connectivity index (χ2v) is 7.82. The van der Waals surface area contributed by atoms with Crippen molar-refractivity contribution in [3.05, 3.63) is 35.9 Å². The van der Waals surface area contributed by atoms with Gasteiger partial charge in [-0.05, 0) is 19.4 Å². The first-order chi connectivity index (χ1) is 15.9. The fraction of sp³-hybridized carbons (Fsp3) is 0.522. The fourth-order valence-electron chi connectivity index (χ4n) is 2.82. The highest BCUT2D eigenvalue weighted by Crippen LogP contribution is 2.19. The van der Waals surface area contributed by atoms with Gasteiger partial charge in [-0.15, -0.1) is 0 Å². The molecule has 34 heavy (non-hydrogen) atoms. The maximum Gasteiger partial charge on any atom is 0.408 e. The zero-order chi connectivity index (χ0) is 25.9. The minimum atomic E-state index is -1.80. The van der Waals surface area contributed by atoms with E-state index in [1.165, 1.54) is 27.7 Å². The van der Waals surface area contributed by atoms with Crippen LogP contribution in [0.4, 0.5) is 4.79 Å². The molecule has 0 aliphatic heterocycles. The standard InChI is InChI=1S/C23H31NO10/c1-14(15(2)33-16(3)25)19(34-17(4)26)20(27)32-13-23(5,21(28)30-6)24-22(29)31-12-18-10-8-7-9-11-18/h7-11,14-15,19H,12-13H2,1-6H3,(H,24,29)/t14-,15+,19+,23-/m0/s1. The Hall–Kier alpha value is -3.63. The van der Waals surface area contributed by atoms with Crippen molar-refractivity contribution >= 4 is 30.0 Å². The smallest absolute Gasteiger partial charge is 0.408 e. The van der Waals surface area contributed by atoms with Gasteiger partial charge in [0, 0.05) is 19.8 Å². The SMILES string of the molecule is COC(=O)[C@](C)(COC(=O)[C@H](OC(C)=O)[C@@H](C)[C@@H](C)OC(C)=O)NC(=O)OCc1ccccc1. The van der Waals surface area contributed by atoms with Crippen molar-refractivity contribution in [2.75, 3.05) is 13.7 Å². The first kappa shape index (κ1) is 28.4. The van der Waals surface area contributed by atoms with Crippen LogP contribution in [0.25, 0.3) is 0 Å². The number of methoxy groups -OCH3 is 1. The van der Waals surface area contributed by atoms with Gasteiger partial charge in [-0.2, -0.15) is 0 Å². The third-order valence-corrected chi connectivity index (χ3v) is 4.82. The summed E-state index contributed by atoms with van der Waals surface area (Å²) in [6.45, 7) is 5.94. The number of esters is 4. The Balaban J connectivity index is 2.88. The third kappa shape index (κ3) is 9.08. The van der Waals surface area contributed by atoms with Gasteiger partial charge < -0.3 is 29.0 Å². The molecule has 0 fully saturated rings. The largest absolute Gasteiger partial charge is 0.467 e. The molecule has 0 heterocycles. The highest BCUT2D eigenvalue weighted by molar-refractivity contribution is 5.86. The van der Waals surface area contributed by atoms with E-state index in [1.54, 1.807) is 24.3 Å². The molecule has 0 aliphatic carbocycles. The lowest BCUT2D eigenvalue weighted by molar-refractivity contribution is -0.178. The van der Waals surface area contributed by atoms with Gasteiger partial charge in [-0.1, -0.05) is 37.3 Å².